The molecule has 2 heteroatoms. The van der Waals surface area contributed by atoms with Crippen molar-refractivity contribution in [3.8, 4) is 0 Å². The molecule has 0 aliphatic heterocycles. The molecule has 4 saturated carbocycles. The van der Waals surface area contributed by atoms with Crippen molar-refractivity contribution in [3.05, 3.63) is 24.0 Å². The van der Waals surface area contributed by atoms with Gasteiger partial charge in [0.1, 0.15) is 0 Å². The summed E-state index contributed by atoms with van der Waals surface area (Å²) in [5.41, 5.74) is 7.73. The molecule has 0 radical (unpaired) electrons. The van der Waals surface area contributed by atoms with Gasteiger partial charge < -0.3 is 10.7 Å². The fourth-order valence-electron chi connectivity index (χ4n) is 5.63. The Morgan fingerprint density at radius 3 is 2.37 bits per heavy atom. The maximum Gasteiger partial charge on any atom is 0.0162 e. The average molecular weight is 258 g/mol. The molecule has 1 unspecified atom stereocenters. The molecule has 19 heavy (non-hydrogen) atoms. The Bertz CT molecular complexity index is 394. The van der Waals surface area contributed by atoms with Crippen molar-refractivity contribution in [1.29, 1.82) is 0 Å². The van der Waals surface area contributed by atoms with Crippen LogP contribution in [0.15, 0.2) is 18.3 Å². The molecule has 0 saturated heterocycles. The van der Waals surface area contributed by atoms with Gasteiger partial charge in [-0.1, -0.05) is 0 Å². The lowest BCUT2D eigenvalue weighted by Crippen LogP contribution is -2.47. The van der Waals surface area contributed by atoms with Crippen LogP contribution in [0.25, 0.3) is 0 Å². The Balaban J connectivity index is 1.40. The smallest absolute Gasteiger partial charge is 0.0162 e. The predicted octanol–water partition coefficient (Wildman–Crippen LogP) is 3.35. The highest BCUT2D eigenvalue weighted by Gasteiger charge is 2.48. The Kier molecular flexibility index (Phi) is 2.95. The van der Waals surface area contributed by atoms with E-state index in [1.165, 1.54) is 37.8 Å². The summed E-state index contributed by atoms with van der Waals surface area (Å²) in [5.74, 6) is 5.14. The van der Waals surface area contributed by atoms with Crippen LogP contribution in [0.2, 0.25) is 0 Å². The molecule has 0 amide bonds. The second kappa shape index (κ2) is 4.66. The van der Waals surface area contributed by atoms with E-state index >= 15 is 0 Å². The number of nitrogens with two attached hydrogens (primary N) is 1. The van der Waals surface area contributed by atoms with Crippen molar-refractivity contribution in [2.75, 3.05) is 0 Å². The predicted molar refractivity (Wildman–Crippen MR) is 77.6 cm³/mol. The molecule has 4 bridgehead atoms. The van der Waals surface area contributed by atoms with Gasteiger partial charge in [0.05, 0.1) is 0 Å². The summed E-state index contributed by atoms with van der Waals surface area (Å²) in [6.45, 7) is 0. The highest BCUT2D eigenvalue weighted by atomic mass is 14.7. The van der Waals surface area contributed by atoms with Crippen molar-refractivity contribution in [2.24, 2.45) is 35.3 Å². The van der Waals surface area contributed by atoms with Crippen molar-refractivity contribution in [3.63, 3.8) is 0 Å². The van der Waals surface area contributed by atoms with E-state index in [9.17, 15) is 0 Å². The van der Waals surface area contributed by atoms with E-state index < -0.39 is 0 Å². The van der Waals surface area contributed by atoms with Gasteiger partial charge >= 0.3 is 0 Å². The van der Waals surface area contributed by atoms with Crippen LogP contribution in [0.5, 0.6) is 0 Å². The first-order valence-electron chi connectivity index (χ1n) is 8.15. The fraction of sp³-hybridized carbons (Fsp3) is 0.765. The number of hydrogen-bond acceptors (Lipinski definition) is 1. The lowest BCUT2D eigenvalue weighted by atomic mass is 9.51. The second-order valence-corrected chi connectivity index (χ2v) is 7.49. The quantitative estimate of drug-likeness (QED) is 0.854. The molecule has 1 heterocycles. The van der Waals surface area contributed by atoms with Crippen LogP contribution in [0.1, 0.15) is 44.2 Å². The Morgan fingerprint density at radius 1 is 1.11 bits per heavy atom. The zero-order chi connectivity index (χ0) is 12.8. The van der Waals surface area contributed by atoms with E-state index in [0.29, 0.717) is 6.04 Å². The third kappa shape index (κ3) is 2.24. The lowest BCUT2D eigenvalue weighted by molar-refractivity contribution is -0.0419. The topological polar surface area (TPSA) is 41.8 Å². The number of rotatable bonds is 4. The van der Waals surface area contributed by atoms with Crippen LogP contribution in [-0.4, -0.2) is 11.0 Å². The normalized spacial score (nSPS) is 41.6. The zero-order valence-corrected chi connectivity index (χ0v) is 11.7. The van der Waals surface area contributed by atoms with Gasteiger partial charge in [-0.05, 0) is 80.2 Å². The zero-order valence-electron chi connectivity index (χ0n) is 11.7. The first-order valence-corrected chi connectivity index (χ1v) is 8.15. The van der Waals surface area contributed by atoms with E-state index in [2.05, 4.69) is 17.1 Å². The minimum absolute atomic E-state index is 0.348. The first-order chi connectivity index (χ1) is 9.28. The number of hydrogen-bond donors (Lipinski definition) is 2. The SMILES string of the molecule is NC(Cc1ccc[nH]1)CC1C2CC3CC(C2)CC1C3. The molecule has 5 rings (SSSR count). The molecule has 4 fully saturated rings. The van der Waals surface area contributed by atoms with Crippen LogP contribution >= 0.6 is 0 Å². The monoisotopic (exact) mass is 258 g/mol. The molecule has 2 nitrogen and oxygen atoms in total. The maximum atomic E-state index is 6.42. The third-order valence-corrected chi connectivity index (χ3v) is 6.14. The third-order valence-electron chi connectivity index (χ3n) is 6.14. The van der Waals surface area contributed by atoms with Gasteiger partial charge in [0.2, 0.25) is 0 Å². The van der Waals surface area contributed by atoms with E-state index in [-0.39, 0.29) is 0 Å². The second-order valence-electron chi connectivity index (χ2n) is 7.49. The van der Waals surface area contributed by atoms with Gasteiger partial charge in [-0.15, -0.1) is 0 Å². The lowest BCUT2D eigenvalue weighted by Gasteiger charge is -2.55. The van der Waals surface area contributed by atoms with Crippen LogP contribution in [-0.2, 0) is 6.42 Å². The summed E-state index contributed by atoms with van der Waals surface area (Å²) < 4.78 is 0. The summed E-state index contributed by atoms with van der Waals surface area (Å²) in [6.07, 6.45) is 11.9. The maximum absolute atomic E-state index is 6.42. The molecule has 0 aromatic carbocycles. The number of H-pyrrole nitrogens is 1. The van der Waals surface area contributed by atoms with E-state index in [0.717, 1.165) is 36.0 Å². The van der Waals surface area contributed by atoms with Crippen molar-refractivity contribution < 1.29 is 0 Å². The number of aromatic nitrogens is 1. The number of nitrogens with one attached hydrogen (secondary N) is 1. The van der Waals surface area contributed by atoms with E-state index in [1.54, 1.807) is 6.42 Å². The van der Waals surface area contributed by atoms with Gasteiger partial charge in [0, 0.05) is 24.4 Å². The summed E-state index contributed by atoms with van der Waals surface area (Å²) in [5, 5.41) is 0. The number of aromatic amines is 1. The highest BCUT2D eigenvalue weighted by molar-refractivity contribution is 5.06. The molecular formula is C17H26N2. The fourth-order valence-corrected chi connectivity index (χ4v) is 5.63. The van der Waals surface area contributed by atoms with Crippen molar-refractivity contribution >= 4 is 0 Å². The Labute approximate surface area is 116 Å². The van der Waals surface area contributed by atoms with E-state index in [4.69, 9.17) is 5.73 Å². The molecule has 0 spiro atoms. The summed E-state index contributed by atoms with van der Waals surface area (Å²) in [6, 6.07) is 4.59. The first kappa shape index (κ1) is 12.0. The Morgan fingerprint density at radius 2 is 1.79 bits per heavy atom. The summed E-state index contributed by atoms with van der Waals surface area (Å²) in [7, 11) is 0. The summed E-state index contributed by atoms with van der Waals surface area (Å²) >= 11 is 0. The van der Waals surface area contributed by atoms with Crippen molar-refractivity contribution in [2.45, 2.75) is 51.0 Å². The van der Waals surface area contributed by atoms with Crippen LogP contribution in [0.3, 0.4) is 0 Å². The van der Waals surface area contributed by atoms with Crippen LogP contribution in [0.4, 0.5) is 0 Å². The molecular weight excluding hydrogens is 232 g/mol. The molecule has 104 valence electrons. The molecule has 1 aromatic rings. The highest BCUT2D eigenvalue weighted by Crippen LogP contribution is 2.57. The van der Waals surface area contributed by atoms with Gasteiger partial charge in [0.15, 0.2) is 0 Å². The minimum Gasteiger partial charge on any atom is -0.365 e. The van der Waals surface area contributed by atoms with Crippen LogP contribution in [0, 0.1) is 29.6 Å². The minimum atomic E-state index is 0.348. The largest absolute Gasteiger partial charge is 0.365 e. The van der Waals surface area contributed by atoms with Gasteiger partial charge in [-0.3, -0.25) is 0 Å². The average Bonchev–Trinajstić information content (AvgIpc) is 2.85. The van der Waals surface area contributed by atoms with Gasteiger partial charge in [-0.2, -0.15) is 0 Å². The van der Waals surface area contributed by atoms with Crippen LogP contribution < -0.4 is 5.73 Å². The molecule has 4 aliphatic carbocycles. The van der Waals surface area contributed by atoms with Crippen molar-refractivity contribution in [1.82, 2.24) is 4.98 Å². The molecule has 3 N–H and O–H groups in total. The molecule has 4 aliphatic rings. The summed E-state index contributed by atoms with van der Waals surface area (Å²) in [4.78, 5) is 3.29. The van der Waals surface area contributed by atoms with E-state index in [1.807, 2.05) is 6.20 Å². The van der Waals surface area contributed by atoms with Gasteiger partial charge in [-0.25, -0.2) is 0 Å². The Hall–Kier alpha value is -0.760. The van der Waals surface area contributed by atoms with Gasteiger partial charge in [0.25, 0.3) is 0 Å². The standard InChI is InChI=1S/C17H26N2/c18-15(9-16-2-1-3-19-16)10-17-13-5-11-4-12(7-13)8-14(17)6-11/h1-3,11-15,17,19H,4-10,18H2. The molecule has 1 atom stereocenters. The molecule has 1 aromatic heterocycles.